The van der Waals surface area contributed by atoms with Crippen LogP contribution in [0.15, 0.2) is 72.8 Å². The Kier molecular flexibility index (Phi) is 7.81. The summed E-state index contributed by atoms with van der Waals surface area (Å²) >= 11 is 0. The second kappa shape index (κ2) is 11.6. The number of rotatable bonds is 7. The van der Waals surface area contributed by atoms with E-state index in [4.69, 9.17) is 4.74 Å². The lowest BCUT2D eigenvalue weighted by Crippen LogP contribution is -2.20. The quantitative estimate of drug-likeness (QED) is 0.213. The molecule has 2 amide bonds. The Morgan fingerprint density at radius 2 is 1.85 bits per heavy atom. The predicted octanol–water partition coefficient (Wildman–Crippen LogP) is 7.11. The summed E-state index contributed by atoms with van der Waals surface area (Å²) in [6.07, 6.45) is -1.13. The molecule has 1 aromatic heterocycles. The average Bonchev–Trinajstić information content (AvgIpc) is 3.40. The van der Waals surface area contributed by atoms with Gasteiger partial charge in [0.05, 0.1) is 5.69 Å². The number of H-pyrrole nitrogens is 1. The lowest BCUT2D eigenvalue weighted by atomic mass is 9.88. The van der Waals surface area contributed by atoms with Gasteiger partial charge >= 0.3 is 12.2 Å². The maximum Gasteiger partial charge on any atom is 0.389 e. The fraction of sp³-hybridized carbons (Fsp3) is 0.241. The average molecular weight is 549 g/mol. The van der Waals surface area contributed by atoms with E-state index in [-0.39, 0.29) is 13.0 Å². The molecule has 1 aliphatic rings. The van der Waals surface area contributed by atoms with E-state index in [2.05, 4.69) is 31.3 Å². The van der Waals surface area contributed by atoms with Crippen LogP contribution in [0.2, 0.25) is 0 Å². The first-order chi connectivity index (χ1) is 19.3. The molecule has 0 fully saturated rings. The van der Waals surface area contributed by atoms with E-state index in [1.807, 2.05) is 55.5 Å². The first kappa shape index (κ1) is 26.9. The topological polar surface area (TPSA) is 105 Å². The van der Waals surface area contributed by atoms with Gasteiger partial charge in [-0.25, -0.2) is 4.79 Å². The van der Waals surface area contributed by atoms with E-state index in [1.54, 1.807) is 24.3 Å². The number of hydrogen-bond acceptors (Lipinski definition) is 5. The molecule has 0 aliphatic carbocycles. The van der Waals surface area contributed by atoms with Gasteiger partial charge in [0.15, 0.2) is 0 Å². The highest BCUT2D eigenvalue weighted by Crippen LogP contribution is 2.44. The van der Waals surface area contributed by atoms with E-state index < -0.39 is 24.5 Å². The van der Waals surface area contributed by atoms with E-state index in [0.29, 0.717) is 45.2 Å². The minimum absolute atomic E-state index is 0.156. The lowest BCUT2D eigenvalue weighted by molar-refractivity contribution is -0.135. The molecule has 1 aliphatic heterocycles. The van der Waals surface area contributed by atoms with Crippen LogP contribution in [0.3, 0.4) is 0 Å². The minimum atomic E-state index is -4.31. The SMILES string of the molecule is CCc1ccc(NC(=O)Nc2cc(-c3ccccc3-c3nn[nH]n3)cc3c2OCC=CC3CCC(F)(F)F)cc1. The molecule has 40 heavy (non-hydrogen) atoms. The van der Waals surface area contributed by atoms with Crippen molar-refractivity contribution in [2.75, 3.05) is 17.2 Å². The molecule has 1 atom stereocenters. The zero-order valence-corrected chi connectivity index (χ0v) is 21.6. The monoisotopic (exact) mass is 548 g/mol. The molecule has 4 aromatic rings. The number of hydrogen-bond donors (Lipinski definition) is 3. The van der Waals surface area contributed by atoms with Gasteiger partial charge in [-0.15, -0.1) is 10.2 Å². The summed E-state index contributed by atoms with van der Waals surface area (Å²) in [5.41, 5.74) is 4.64. The smallest absolute Gasteiger partial charge is 0.389 e. The predicted molar refractivity (Wildman–Crippen MR) is 146 cm³/mol. The molecule has 206 valence electrons. The van der Waals surface area contributed by atoms with Gasteiger partial charge in [-0.1, -0.05) is 55.5 Å². The maximum atomic E-state index is 13.2. The number of urea groups is 1. The van der Waals surface area contributed by atoms with Crippen molar-refractivity contribution >= 4 is 17.4 Å². The van der Waals surface area contributed by atoms with Crippen LogP contribution in [0, 0.1) is 0 Å². The molecule has 0 spiro atoms. The molecule has 3 N–H and O–H groups in total. The van der Waals surface area contributed by atoms with Gasteiger partial charge in [0, 0.05) is 29.2 Å². The largest absolute Gasteiger partial charge is 0.487 e. The molecule has 8 nitrogen and oxygen atoms in total. The Hall–Kier alpha value is -4.67. The van der Waals surface area contributed by atoms with Crippen LogP contribution in [0.4, 0.5) is 29.3 Å². The highest BCUT2D eigenvalue weighted by molar-refractivity contribution is 6.01. The Morgan fingerprint density at radius 1 is 1.07 bits per heavy atom. The van der Waals surface area contributed by atoms with Gasteiger partial charge in [-0.2, -0.15) is 18.4 Å². The van der Waals surface area contributed by atoms with Crippen molar-refractivity contribution in [1.82, 2.24) is 20.6 Å². The number of fused-ring (bicyclic) bond motifs is 1. The number of nitrogens with one attached hydrogen (secondary N) is 3. The number of benzene rings is 3. The third kappa shape index (κ3) is 6.31. The molecule has 0 radical (unpaired) electrons. The molecule has 0 bridgehead atoms. The number of nitrogens with zero attached hydrogens (tertiary/aromatic N) is 3. The van der Waals surface area contributed by atoms with Crippen molar-refractivity contribution in [3.8, 4) is 28.3 Å². The summed E-state index contributed by atoms with van der Waals surface area (Å²) in [4.78, 5) is 13.1. The third-order valence-electron chi connectivity index (χ3n) is 6.64. The number of carbonyl (C=O) groups is 1. The van der Waals surface area contributed by atoms with Gasteiger partial charge in [0.2, 0.25) is 5.82 Å². The zero-order chi connectivity index (χ0) is 28.1. The van der Waals surface area contributed by atoms with Gasteiger partial charge in [0.1, 0.15) is 12.4 Å². The second-order valence-corrected chi connectivity index (χ2v) is 9.35. The molecule has 11 heteroatoms. The first-order valence-electron chi connectivity index (χ1n) is 12.8. The Labute approximate surface area is 228 Å². The molecule has 0 saturated heterocycles. The summed E-state index contributed by atoms with van der Waals surface area (Å²) in [5, 5.41) is 19.9. The summed E-state index contributed by atoms with van der Waals surface area (Å²) in [5.74, 6) is 0.106. The van der Waals surface area contributed by atoms with Crippen molar-refractivity contribution in [2.24, 2.45) is 0 Å². The van der Waals surface area contributed by atoms with Gasteiger partial charge < -0.3 is 15.4 Å². The van der Waals surface area contributed by atoms with Crippen molar-refractivity contribution in [3.05, 3.63) is 83.9 Å². The number of ether oxygens (including phenoxy) is 1. The van der Waals surface area contributed by atoms with Crippen LogP contribution in [-0.4, -0.2) is 39.4 Å². The molecular weight excluding hydrogens is 521 g/mol. The standard InChI is InChI=1S/C29H27F3N6O2/c1-2-18-9-11-21(12-10-18)33-28(39)34-25-17-20(22-7-3-4-8-23(22)27-35-37-38-36-27)16-24-19(13-14-29(30,31)32)6-5-15-40-26(24)25/h3-12,16-17,19H,2,13-15H2,1H3,(H2,33,34,39)(H,35,36,37,38). The molecule has 5 rings (SSSR count). The number of alkyl halides is 3. The Balaban J connectivity index is 1.56. The number of allylic oxidation sites excluding steroid dienone is 1. The number of aromatic nitrogens is 4. The van der Waals surface area contributed by atoms with Crippen molar-refractivity contribution in [3.63, 3.8) is 0 Å². The highest BCUT2D eigenvalue weighted by atomic mass is 19.4. The molecular formula is C29H27F3N6O2. The first-order valence-corrected chi connectivity index (χ1v) is 12.8. The summed E-state index contributed by atoms with van der Waals surface area (Å²) in [6.45, 7) is 2.20. The Bertz CT molecular complexity index is 1500. The molecule has 1 unspecified atom stereocenters. The fourth-order valence-corrected chi connectivity index (χ4v) is 4.68. The summed E-state index contributed by atoms with van der Waals surface area (Å²) in [6, 6.07) is 17.8. The molecule has 3 aromatic carbocycles. The van der Waals surface area contributed by atoms with Crippen LogP contribution in [0.25, 0.3) is 22.5 Å². The zero-order valence-electron chi connectivity index (χ0n) is 21.6. The van der Waals surface area contributed by atoms with E-state index in [9.17, 15) is 18.0 Å². The number of anilines is 2. The van der Waals surface area contributed by atoms with E-state index >= 15 is 0 Å². The minimum Gasteiger partial charge on any atom is -0.487 e. The fourth-order valence-electron chi connectivity index (χ4n) is 4.68. The van der Waals surface area contributed by atoms with Gasteiger partial charge in [-0.05, 0) is 59.0 Å². The molecule has 2 heterocycles. The number of carbonyl (C=O) groups excluding carboxylic acids is 1. The van der Waals surface area contributed by atoms with Crippen LogP contribution in [-0.2, 0) is 6.42 Å². The number of aryl methyl sites for hydroxylation is 1. The number of halogens is 3. The van der Waals surface area contributed by atoms with Crippen LogP contribution in [0.1, 0.15) is 36.8 Å². The van der Waals surface area contributed by atoms with Crippen molar-refractivity contribution in [1.29, 1.82) is 0 Å². The normalized spacial score (nSPS) is 14.7. The Morgan fingerprint density at radius 3 is 2.55 bits per heavy atom. The lowest BCUT2D eigenvalue weighted by Gasteiger charge is -2.21. The van der Waals surface area contributed by atoms with Crippen molar-refractivity contribution in [2.45, 2.75) is 38.3 Å². The molecule has 0 saturated carbocycles. The van der Waals surface area contributed by atoms with E-state index in [1.165, 1.54) is 0 Å². The third-order valence-corrected chi connectivity index (χ3v) is 6.64. The highest BCUT2D eigenvalue weighted by Gasteiger charge is 2.30. The van der Waals surface area contributed by atoms with Crippen LogP contribution in [0.5, 0.6) is 5.75 Å². The van der Waals surface area contributed by atoms with Gasteiger partial charge in [0.25, 0.3) is 0 Å². The maximum absolute atomic E-state index is 13.2. The van der Waals surface area contributed by atoms with Crippen LogP contribution >= 0.6 is 0 Å². The van der Waals surface area contributed by atoms with Gasteiger partial charge in [-0.3, -0.25) is 0 Å². The number of amides is 2. The summed E-state index contributed by atoms with van der Waals surface area (Å²) in [7, 11) is 0. The number of aromatic amines is 1. The van der Waals surface area contributed by atoms with Crippen molar-refractivity contribution < 1.29 is 22.7 Å². The summed E-state index contributed by atoms with van der Waals surface area (Å²) < 4.78 is 45.6. The number of tetrazole rings is 1. The second-order valence-electron chi connectivity index (χ2n) is 9.35. The van der Waals surface area contributed by atoms with Crippen LogP contribution < -0.4 is 15.4 Å². The van der Waals surface area contributed by atoms with E-state index in [0.717, 1.165) is 12.0 Å².